The van der Waals surface area contributed by atoms with E-state index in [0.29, 0.717) is 16.4 Å². The molecule has 0 aliphatic carbocycles. The van der Waals surface area contributed by atoms with E-state index in [1.807, 2.05) is 32.9 Å². The first-order valence-electron chi connectivity index (χ1n) is 8.07. The van der Waals surface area contributed by atoms with Crippen LogP contribution in [-0.4, -0.2) is 5.11 Å². The topological polar surface area (TPSA) is 20.2 Å². The number of hydrogen-bond acceptors (Lipinski definition) is 1. The molecule has 0 saturated heterocycles. The minimum absolute atomic E-state index is 0.0812. The molecule has 0 spiro atoms. The Balaban J connectivity index is 0.00000114. The maximum absolute atomic E-state index is 13.3. The number of phenolic OH excluding ortho intramolecular Hbond substituents is 1. The molecule has 27 heavy (non-hydrogen) atoms. The van der Waals surface area contributed by atoms with Gasteiger partial charge in [0.1, 0.15) is 5.75 Å². The van der Waals surface area contributed by atoms with Gasteiger partial charge in [-0.05, 0) is 53.4 Å². The van der Waals surface area contributed by atoms with Crippen molar-refractivity contribution < 1.29 is 39.1 Å². The first-order chi connectivity index (χ1) is 12.3. The van der Waals surface area contributed by atoms with Gasteiger partial charge in [0.2, 0.25) is 0 Å². The van der Waals surface area contributed by atoms with Crippen molar-refractivity contribution in [3.05, 3.63) is 52.6 Å². The summed E-state index contributed by atoms with van der Waals surface area (Å²) in [6.45, 7) is 9.58. The predicted molar refractivity (Wildman–Crippen MR) is 107 cm³/mol. The normalized spacial score (nSPS) is 12.1. The summed E-state index contributed by atoms with van der Waals surface area (Å²) in [6.07, 6.45) is -4.40. The number of benzene rings is 2. The molecule has 1 unspecified atom stereocenters. The molecule has 0 heterocycles. The Bertz CT molecular complexity index is 790. The van der Waals surface area contributed by atoms with Gasteiger partial charge in [-0.1, -0.05) is 47.6 Å². The van der Waals surface area contributed by atoms with E-state index in [-0.39, 0.29) is 25.0 Å². The predicted octanol–water partition coefficient (Wildman–Crippen LogP) is 6.33. The van der Waals surface area contributed by atoms with Crippen LogP contribution >= 0.6 is 25.6 Å². The number of halogens is 5. The van der Waals surface area contributed by atoms with Crippen LogP contribution < -0.4 is 10.6 Å². The molecule has 0 radical (unpaired) electrons. The number of rotatable bonds is 2. The van der Waals surface area contributed by atoms with Crippen LogP contribution in [0.1, 0.15) is 43.0 Å². The van der Waals surface area contributed by atoms with Gasteiger partial charge < -0.3 is 5.11 Å². The fraction of sp³-hybridized carbons (Fsp3) is 0.368. The zero-order valence-electron chi connectivity index (χ0n) is 15.7. The van der Waals surface area contributed by atoms with Crippen molar-refractivity contribution in [2.75, 3.05) is 0 Å². The first-order valence-corrected chi connectivity index (χ1v) is 15.4. The number of hydrogen-bond donors (Lipinski definition) is 1. The molecule has 0 aromatic heterocycles. The second kappa shape index (κ2) is 10.1. The molecule has 0 aliphatic rings. The van der Waals surface area contributed by atoms with Gasteiger partial charge in [0.15, 0.2) is 0 Å². The molecule has 0 saturated carbocycles. The molecule has 2 aromatic rings. The van der Waals surface area contributed by atoms with Crippen molar-refractivity contribution in [1.82, 2.24) is 0 Å². The molecule has 0 bridgehead atoms. The summed E-state index contributed by atoms with van der Waals surface area (Å²) in [6, 6.07) is 7.92. The van der Waals surface area contributed by atoms with Crippen molar-refractivity contribution in [2.24, 2.45) is 0 Å². The first kappa shape index (κ1) is 25.0. The molecule has 1 N–H and O–H groups in total. The third-order valence-electron chi connectivity index (χ3n) is 4.00. The summed E-state index contributed by atoms with van der Waals surface area (Å²) in [5.41, 5.74) is 1.51. The van der Waals surface area contributed by atoms with Crippen LogP contribution in [0.2, 0.25) is 0 Å². The Labute approximate surface area is 179 Å². The summed E-state index contributed by atoms with van der Waals surface area (Å²) in [4.78, 5) is 0. The second-order valence-corrected chi connectivity index (χ2v) is 12.2. The Morgan fingerprint density at radius 1 is 1.00 bits per heavy atom. The summed E-state index contributed by atoms with van der Waals surface area (Å²) in [5, 5.41) is 11.2. The van der Waals surface area contributed by atoms with Crippen molar-refractivity contribution in [3.63, 3.8) is 0 Å². The SMILES string of the molecule is Cc1cc(C(C)(C)C)cc(Pc2c(C)cccc2C(F)(F)F)c1O.[Cl][Zr][Cl]. The van der Waals surface area contributed by atoms with Gasteiger partial charge in [-0.25, -0.2) is 0 Å². The van der Waals surface area contributed by atoms with E-state index in [4.69, 9.17) is 17.0 Å². The van der Waals surface area contributed by atoms with E-state index in [0.717, 1.165) is 11.6 Å². The number of alkyl halides is 3. The third kappa shape index (κ3) is 7.03. The molecular weight excluding hydrogens is 494 g/mol. The molecule has 0 aliphatic heterocycles. The van der Waals surface area contributed by atoms with Gasteiger partial charge in [0, 0.05) is 5.30 Å². The second-order valence-electron chi connectivity index (χ2n) is 7.13. The van der Waals surface area contributed by atoms with Gasteiger partial charge in [0.05, 0.1) is 5.56 Å². The van der Waals surface area contributed by atoms with E-state index in [1.165, 1.54) is 6.07 Å². The van der Waals surface area contributed by atoms with Crippen LogP contribution in [0.25, 0.3) is 0 Å². The Hall–Kier alpha value is -0.0769. The van der Waals surface area contributed by atoms with Gasteiger partial charge >= 0.3 is 44.1 Å². The summed E-state index contributed by atoms with van der Waals surface area (Å²) < 4.78 is 40.0. The molecule has 1 nitrogen and oxygen atoms in total. The quantitative estimate of drug-likeness (QED) is 0.463. The van der Waals surface area contributed by atoms with Crippen LogP contribution in [-0.2, 0) is 32.4 Å². The van der Waals surface area contributed by atoms with E-state index >= 15 is 0 Å². The van der Waals surface area contributed by atoms with Crippen molar-refractivity contribution in [3.8, 4) is 5.75 Å². The van der Waals surface area contributed by atoms with Crippen LogP contribution in [0.5, 0.6) is 5.75 Å². The molecule has 0 amide bonds. The number of aromatic hydroxyl groups is 1. The summed E-state index contributed by atoms with van der Waals surface area (Å²) >= 11 is -0.826. The fourth-order valence-electron chi connectivity index (χ4n) is 2.51. The summed E-state index contributed by atoms with van der Waals surface area (Å²) in [5.74, 6) is 0.0812. The monoisotopic (exact) mass is 514 g/mol. The zero-order chi connectivity index (χ0) is 21.0. The summed E-state index contributed by atoms with van der Waals surface area (Å²) in [7, 11) is 9.62. The van der Waals surface area contributed by atoms with Crippen LogP contribution in [0.15, 0.2) is 30.3 Å². The molecule has 1 atom stereocenters. The van der Waals surface area contributed by atoms with Gasteiger partial charge in [-0.2, -0.15) is 13.2 Å². The molecule has 2 aromatic carbocycles. The van der Waals surface area contributed by atoms with Crippen molar-refractivity contribution in [2.45, 2.75) is 46.2 Å². The fourth-order valence-corrected chi connectivity index (χ4v) is 3.97. The van der Waals surface area contributed by atoms with Gasteiger partial charge in [-0.3, -0.25) is 0 Å². The van der Waals surface area contributed by atoms with Crippen molar-refractivity contribution in [1.29, 1.82) is 0 Å². The van der Waals surface area contributed by atoms with Gasteiger partial charge in [0.25, 0.3) is 0 Å². The minimum atomic E-state index is -4.40. The zero-order valence-corrected chi connectivity index (χ0v) is 20.7. The molecule has 148 valence electrons. The maximum atomic E-state index is 13.3. The Morgan fingerprint density at radius 3 is 2.04 bits per heavy atom. The molecule has 8 heteroatoms. The molecule has 2 rings (SSSR count). The Morgan fingerprint density at radius 2 is 1.56 bits per heavy atom. The molecule has 0 fully saturated rings. The number of aryl methyl sites for hydroxylation is 2. The van der Waals surface area contributed by atoms with Crippen LogP contribution in [0.4, 0.5) is 13.2 Å². The Kier molecular flexibility index (Phi) is 9.34. The standard InChI is InChI=1S/C19H22F3OP.2ClH.Zr/c1-11-7-6-8-14(19(20,21)22)17(11)24-15-10-13(18(3,4)5)9-12(2)16(15)23;;;/h6-10,23-24H,1-5H3;2*1H;/q;;;+2/p-2. The average Bonchev–Trinajstić information content (AvgIpc) is 2.52. The molecular formula is C19H22Cl2F3OPZr. The van der Waals surface area contributed by atoms with E-state index in [1.54, 1.807) is 19.9 Å². The average molecular weight is 516 g/mol. The van der Waals surface area contributed by atoms with E-state index in [9.17, 15) is 18.3 Å². The van der Waals surface area contributed by atoms with E-state index < -0.39 is 32.6 Å². The van der Waals surface area contributed by atoms with Gasteiger partial charge in [-0.15, -0.1) is 0 Å². The van der Waals surface area contributed by atoms with Crippen molar-refractivity contribution >= 4 is 36.2 Å². The van der Waals surface area contributed by atoms with E-state index in [2.05, 4.69) is 0 Å². The third-order valence-corrected chi connectivity index (χ3v) is 5.57. The van der Waals surface area contributed by atoms with Crippen LogP contribution in [0, 0.1) is 13.8 Å². The number of phenols is 1. The van der Waals surface area contributed by atoms with Crippen LogP contribution in [0.3, 0.4) is 0 Å².